The van der Waals surface area contributed by atoms with E-state index < -0.39 is 0 Å². The summed E-state index contributed by atoms with van der Waals surface area (Å²) in [6, 6.07) is 4.00. The van der Waals surface area contributed by atoms with Crippen molar-refractivity contribution in [3.05, 3.63) is 40.9 Å². The van der Waals surface area contributed by atoms with E-state index in [0.29, 0.717) is 18.3 Å². The van der Waals surface area contributed by atoms with E-state index in [9.17, 15) is 4.79 Å². The number of hydrogen-bond donors (Lipinski definition) is 2. The number of nitrogens with zero attached hydrogens (tertiary/aromatic N) is 4. The van der Waals surface area contributed by atoms with E-state index in [0.717, 1.165) is 48.1 Å². The normalized spacial score (nSPS) is 14.7. The molecule has 0 saturated carbocycles. The summed E-state index contributed by atoms with van der Waals surface area (Å²) < 4.78 is 7.22. The third-order valence-corrected chi connectivity index (χ3v) is 5.42. The van der Waals surface area contributed by atoms with Crippen LogP contribution >= 0.6 is 23.7 Å². The van der Waals surface area contributed by atoms with Crippen LogP contribution in [-0.2, 0) is 6.54 Å². The maximum absolute atomic E-state index is 12.5. The van der Waals surface area contributed by atoms with Crippen molar-refractivity contribution in [3.8, 4) is 10.8 Å². The van der Waals surface area contributed by atoms with Gasteiger partial charge in [-0.05, 0) is 45.0 Å². The summed E-state index contributed by atoms with van der Waals surface area (Å²) in [5.74, 6) is 0.503. The Kier molecular flexibility index (Phi) is 6.25. The highest BCUT2D eigenvalue weighted by Crippen LogP contribution is 2.24. The maximum Gasteiger partial charge on any atom is 0.274 e. The van der Waals surface area contributed by atoms with Gasteiger partial charge in [0.05, 0.1) is 30.2 Å². The molecule has 0 bridgehead atoms. The molecule has 144 valence electrons. The fourth-order valence-corrected chi connectivity index (χ4v) is 3.89. The van der Waals surface area contributed by atoms with Gasteiger partial charge in [-0.25, -0.2) is 9.67 Å². The van der Waals surface area contributed by atoms with Gasteiger partial charge in [0.1, 0.15) is 0 Å². The van der Waals surface area contributed by atoms with Gasteiger partial charge < -0.3 is 15.1 Å². The Hall–Kier alpha value is -2.23. The van der Waals surface area contributed by atoms with Crippen LogP contribution in [0.15, 0.2) is 28.2 Å². The first-order valence-electron chi connectivity index (χ1n) is 8.61. The molecule has 0 unspecified atom stereocenters. The zero-order chi connectivity index (χ0) is 17.9. The highest BCUT2D eigenvalue weighted by molar-refractivity contribution is 7.13. The first-order chi connectivity index (χ1) is 12.7. The summed E-state index contributed by atoms with van der Waals surface area (Å²) >= 11 is 1.49. The number of furan rings is 1. The van der Waals surface area contributed by atoms with Gasteiger partial charge in [-0.15, -0.1) is 28.8 Å². The van der Waals surface area contributed by atoms with E-state index in [-0.39, 0.29) is 18.3 Å². The SMILES string of the molecule is Cc1c(C(=O)NCc2csc(-c3ccco3)n2)nnn1C1CCNCC1.Cl. The molecule has 3 aromatic rings. The highest BCUT2D eigenvalue weighted by Gasteiger charge is 2.22. The van der Waals surface area contributed by atoms with Crippen molar-refractivity contribution in [1.29, 1.82) is 0 Å². The molecule has 1 aliphatic heterocycles. The number of carbonyl (C=O) groups excluding carboxylic acids is 1. The molecule has 3 aromatic heterocycles. The van der Waals surface area contributed by atoms with Crippen molar-refractivity contribution in [1.82, 2.24) is 30.6 Å². The number of hydrogen-bond acceptors (Lipinski definition) is 7. The lowest BCUT2D eigenvalue weighted by Gasteiger charge is -2.23. The molecule has 1 amide bonds. The summed E-state index contributed by atoms with van der Waals surface area (Å²) in [6.07, 6.45) is 3.62. The molecule has 27 heavy (non-hydrogen) atoms. The van der Waals surface area contributed by atoms with Gasteiger partial charge in [-0.1, -0.05) is 5.21 Å². The van der Waals surface area contributed by atoms with Crippen molar-refractivity contribution in [2.45, 2.75) is 32.4 Å². The first-order valence-corrected chi connectivity index (χ1v) is 9.49. The smallest absolute Gasteiger partial charge is 0.274 e. The van der Waals surface area contributed by atoms with Crippen LogP contribution in [0, 0.1) is 6.92 Å². The van der Waals surface area contributed by atoms with Gasteiger partial charge in [0.15, 0.2) is 16.5 Å². The summed E-state index contributed by atoms with van der Waals surface area (Å²) in [5.41, 5.74) is 1.98. The number of thiazole rings is 1. The molecule has 1 saturated heterocycles. The molecule has 10 heteroatoms. The Morgan fingerprint density at radius 2 is 2.26 bits per heavy atom. The maximum atomic E-state index is 12.5. The van der Waals surface area contributed by atoms with Crippen molar-refractivity contribution in [2.24, 2.45) is 0 Å². The summed E-state index contributed by atoms with van der Waals surface area (Å²) in [7, 11) is 0. The standard InChI is InChI=1S/C17H20N6O2S.ClH/c1-11-15(21-22-23(11)13-4-6-18-7-5-13)16(24)19-9-12-10-26-17(20-12)14-3-2-8-25-14;/h2-3,8,10,13,18H,4-7,9H2,1H3,(H,19,24);1H. The van der Waals surface area contributed by atoms with E-state index in [4.69, 9.17) is 4.42 Å². The molecule has 0 spiro atoms. The van der Waals surface area contributed by atoms with Crippen LogP contribution in [0.3, 0.4) is 0 Å². The zero-order valence-electron chi connectivity index (χ0n) is 14.8. The van der Waals surface area contributed by atoms with Crippen LogP contribution in [0.4, 0.5) is 0 Å². The Labute approximate surface area is 166 Å². The van der Waals surface area contributed by atoms with Crippen molar-refractivity contribution in [2.75, 3.05) is 13.1 Å². The molecule has 8 nitrogen and oxygen atoms in total. The van der Waals surface area contributed by atoms with E-state index in [2.05, 4.69) is 25.9 Å². The highest BCUT2D eigenvalue weighted by atomic mass is 35.5. The number of carbonyl (C=O) groups is 1. The number of nitrogens with one attached hydrogen (secondary N) is 2. The Morgan fingerprint density at radius 3 is 3.00 bits per heavy atom. The third-order valence-electron chi connectivity index (χ3n) is 4.51. The van der Waals surface area contributed by atoms with E-state index >= 15 is 0 Å². The summed E-state index contributed by atoms with van der Waals surface area (Å²) in [5, 5.41) is 17.2. The second-order valence-electron chi connectivity index (χ2n) is 6.25. The fourth-order valence-electron chi connectivity index (χ4n) is 3.10. The van der Waals surface area contributed by atoms with Crippen LogP contribution in [0.25, 0.3) is 10.8 Å². The van der Waals surface area contributed by atoms with Crippen LogP contribution in [0.5, 0.6) is 0 Å². The van der Waals surface area contributed by atoms with Crippen molar-refractivity contribution >= 4 is 29.7 Å². The number of rotatable bonds is 5. The van der Waals surface area contributed by atoms with Gasteiger partial charge in [0.2, 0.25) is 0 Å². The lowest BCUT2D eigenvalue weighted by Crippen LogP contribution is -2.30. The minimum absolute atomic E-state index is 0. The average Bonchev–Trinajstić information content (AvgIpc) is 3.41. The predicted octanol–water partition coefficient (Wildman–Crippen LogP) is 2.58. The molecule has 1 fully saturated rings. The van der Waals surface area contributed by atoms with Crippen LogP contribution in [-0.4, -0.2) is 39.0 Å². The molecule has 0 radical (unpaired) electrons. The molecular weight excluding hydrogens is 388 g/mol. The number of aromatic nitrogens is 4. The largest absolute Gasteiger partial charge is 0.462 e. The summed E-state index contributed by atoms with van der Waals surface area (Å²) in [6.45, 7) is 4.17. The molecule has 0 atom stereocenters. The molecule has 4 heterocycles. The van der Waals surface area contributed by atoms with Crippen molar-refractivity contribution < 1.29 is 9.21 Å². The van der Waals surface area contributed by atoms with E-state index in [1.54, 1.807) is 6.26 Å². The molecule has 0 aromatic carbocycles. The zero-order valence-corrected chi connectivity index (χ0v) is 16.5. The second-order valence-corrected chi connectivity index (χ2v) is 7.11. The molecular formula is C17H21ClN6O2S. The van der Waals surface area contributed by atoms with Gasteiger partial charge in [-0.3, -0.25) is 4.79 Å². The minimum Gasteiger partial charge on any atom is -0.462 e. The summed E-state index contributed by atoms with van der Waals surface area (Å²) in [4.78, 5) is 17.0. The van der Waals surface area contributed by atoms with Crippen LogP contribution in [0.2, 0.25) is 0 Å². The number of amides is 1. The number of piperidine rings is 1. The lowest BCUT2D eigenvalue weighted by molar-refractivity contribution is 0.0944. The molecule has 4 rings (SSSR count). The topological polar surface area (TPSA) is 97.9 Å². The molecule has 2 N–H and O–H groups in total. The van der Waals surface area contributed by atoms with E-state index in [1.165, 1.54) is 11.3 Å². The van der Waals surface area contributed by atoms with Gasteiger partial charge >= 0.3 is 0 Å². The van der Waals surface area contributed by atoms with Gasteiger partial charge in [0.25, 0.3) is 5.91 Å². The van der Waals surface area contributed by atoms with Gasteiger partial charge in [-0.2, -0.15) is 0 Å². The Morgan fingerprint density at radius 1 is 1.44 bits per heavy atom. The van der Waals surface area contributed by atoms with Crippen LogP contribution in [0.1, 0.15) is 40.8 Å². The number of halogens is 1. The monoisotopic (exact) mass is 408 g/mol. The molecule has 1 aliphatic rings. The Bertz CT molecular complexity index is 885. The fraction of sp³-hybridized carbons (Fsp3) is 0.412. The van der Waals surface area contributed by atoms with Crippen molar-refractivity contribution in [3.63, 3.8) is 0 Å². The van der Waals surface area contributed by atoms with Crippen LogP contribution < -0.4 is 10.6 Å². The second kappa shape index (κ2) is 8.64. The molecule has 0 aliphatic carbocycles. The van der Waals surface area contributed by atoms with E-state index in [1.807, 2.05) is 29.1 Å². The van der Waals surface area contributed by atoms with Gasteiger partial charge in [0, 0.05) is 5.38 Å². The quantitative estimate of drug-likeness (QED) is 0.673. The third kappa shape index (κ3) is 4.20. The Balaban J connectivity index is 0.00000210. The first kappa shape index (κ1) is 19.5. The predicted molar refractivity (Wildman–Crippen MR) is 104 cm³/mol. The minimum atomic E-state index is -0.227. The lowest BCUT2D eigenvalue weighted by atomic mass is 10.1. The average molecular weight is 409 g/mol.